The van der Waals surface area contributed by atoms with E-state index >= 15 is 0 Å². The molecular formula is C17H21N3O4S2. The highest BCUT2D eigenvalue weighted by atomic mass is 32.2. The van der Waals surface area contributed by atoms with Crippen molar-refractivity contribution in [1.29, 1.82) is 0 Å². The van der Waals surface area contributed by atoms with E-state index in [-0.39, 0.29) is 22.6 Å². The zero-order valence-electron chi connectivity index (χ0n) is 14.3. The average Bonchev–Trinajstić information content (AvgIpc) is 3.38. The Morgan fingerprint density at radius 3 is 2.88 bits per heavy atom. The van der Waals surface area contributed by atoms with Crippen molar-refractivity contribution in [2.24, 2.45) is 5.92 Å². The normalized spacial score (nSPS) is 21.8. The van der Waals surface area contributed by atoms with Crippen LogP contribution in [0.3, 0.4) is 0 Å². The second-order valence-electron chi connectivity index (χ2n) is 6.94. The minimum absolute atomic E-state index is 0.0339. The van der Waals surface area contributed by atoms with Gasteiger partial charge in [-0.05, 0) is 24.8 Å². The molecule has 1 saturated heterocycles. The Labute approximate surface area is 156 Å². The number of sulfonamides is 1. The summed E-state index contributed by atoms with van der Waals surface area (Å²) in [5.41, 5.74) is 0.691. The molecule has 26 heavy (non-hydrogen) atoms. The molecule has 140 valence electrons. The van der Waals surface area contributed by atoms with E-state index in [1.165, 1.54) is 19.0 Å². The van der Waals surface area contributed by atoms with Crippen molar-refractivity contribution in [3.63, 3.8) is 0 Å². The number of carbonyl (C=O) groups excluding carboxylic acids is 1. The number of carbonyl (C=O) groups is 1. The van der Waals surface area contributed by atoms with Crippen molar-refractivity contribution < 1.29 is 17.7 Å². The third kappa shape index (κ3) is 3.56. The number of nitrogens with one attached hydrogen (secondary N) is 1. The van der Waals surface area contributed by atoms with Crippen molar-refractivity contribution in [1.82, 2.24) is 14.8 Å². The first-order valence-corrected chi connectivity index (χ1v) is 11.2. The van der Waals surface area contributed by atoms with Crippen LogP contribution in [-0.4, -0.2) is 43.5 Å². The third-order valence-corrected chi connectivity index (χ3v) is 7.99. The molecule has 4 rings (SSSR count). The second-order valence-corrected chi connectivity index (χ2v) is 9.84. The molecule has 1 aliphatic carbocycles. The molecule has 1 amide bonds. The number of aromatic nitrogens is 1. The van der Waals surface area contributed by atoms with Crippen molar-refractivity contribution in [3.05, 3.63) is 23.7 Å². The Morgan fingerprint density at radius 2 is 2.15 bits per heavy atom. The van der Waals surface area contributed by atoms with Gasteiger partial charge in [-0.25, -0.2) is 13.1 Å². The summed E-state index contributed by atoms with van der Waals surface area (Å²) in [6.45, 7) is 0.937. The minimum atomic E-state index is -3.60. The number of nitrogens with zero attached hydrogens (tertiary/aromatic N) is 2. The molecular weight excluding hydrogens is 374 g/mol. The first-order valence-electron chi connectivity index (χ1n) is 8.81. The van der Waals surface area contributed by atoms with Crippen LogP contribution in [0.15, 0.2) is 32.4 Å². The number of amides is 1. The zero-order valence-corrected chi connectivity index (χ0v) is 15.9. The van der Waals surface area contributed by atoms with E-state index in [4.69, 9.17) is 4.52 Å². The summed E-state index contributed by atoms with van der Waals surface area (Å²) in [6.07, 6.45) is 6.45. The maximum Gasteiger partial charge on any atom is 0.250 e. The first-order chi connectivity index (χ1) is 12.5. The van der Waals surface area contributed by atoms with Gasteiger partial charge in [0.1, 0.15) is 4.21 Å². The van der Waals surface area contributed by atoms with Crippen LogP contribution in [0, 0.1) is 5.92 Å². The molecule has 1 aliphatic heterocycles. The van der Waals surface area contributed by atoms with E-state index in [1.807, 2.05) is 4.90 Å². The van der Waals surface area contributed by atoms with E-state index in [2.05, 4.69) is 9.88 Å². The molecule has 0 spiro atoms. The van der Waals surface area contributed by atoms with Crippen LogP contribution in [-0.2, 0) is 14.8 Å². The van der Waals surface area contributed by atoms with Gasteiger partial charge in [0.05, 0.1) is 6.20 Å². The van der Waals surface area contributed by atoms with Gasteiger partial charge in [-0.15, -0.1) is 11.3 Å². The van der Waals surface area contributed by atoms with Crippen molar-refractivity contribution >= 4 is 27.3 Å². The number of thiophene rings is 1. The van der Waals surface area contributed by atoms with Crippen molar-refractivity contribution in [3.8, 4) is 11.3 Å². The van der Waals surface area contributed by atoms with Gasteiger partial charge in [0.2, 0.25) is 15.9 Å². The fourth-order valence-corrected chi connectivity index (χ4v) is 6.09. The molecule has 1 N–H and O–H groups in total. The Bertz CT molecular complexity index is 870. The Kier molecular flexibility index (Phi) is 4.85. The third-order valence-electron chi connectivity index (χ3n) is 5.13. The molecule has 7 nitrogen and oxygen atoms in total. The predicted molar refractivity (Wildman–Crippen MR) is 97.1 cm³/mol. The van der Waals surface area contributed by atoms with E-state index in [9.17, 15) is 13.2 Å². The number of rotatable bonds is 6. The lowest BCUT2D eigenvalue weighted by atomic mass is 10.1. The zero-order chi connectivity index (χ0) is 18.1. The molecule has 9 heteroatoms. The molecule has 2 fully saturated rings. The van der Waals surface area contributed by atoms with Gasteiger partial charge in [0.15, 0.2) is 5.76 Å². The SMILES string of the molecule is O=C1C[C@@H](CNS(=O)(=O)c2cc(-c3ccno3)cs2)CN1C1CCCC1. The summed E-state index contributed by atoms with van der Waals surface area (Å²) in [7, 11) is -3.60. The van der Waals surface area contributed by atoms with Crippen LogP contribution in [0.4, 0.5) is 0 Å². The van der Waals surface area contributed by atoms with Crippen LogP contribution in [0.25, 0.3) is 11.3 Å². The summed E-state index contributed by atoms with van der Waals surface area (Å²) >= 11 is 1.14. The smallest absolute Gasteiger partial charge is 0.250 e. The minimum Gasteiger partial charge on any atom is -0.356 e. The fourth-order valence-electron chi connectivity index (χ4n) is 3.76. The standard InChI is InChI=1S/C17H21N3O4S2/c21-16-7-12(10-20(16)14-3-1-2-4-14)9-19-26(22,23)17-8-13(11-25-17)15-5-6-18-24-15/h5-6,8,11-12,14,19H,1-4,7,9-10H2/t12-/m0/s1. The highest BCUT2D eigenvalue weighted by molar-refractivity contribution is 7.91. The maximum absolute atomic E-state index is 12.5. The fraction of sp³-hybridized carbons (Fsp3) is 0.529. The second kappa shape index (κ2) is 7.13. The van der Waals surface area contributed by atoms with Crippen molar-refractivity contribution in [2.75, 3.05) is 13.1 Å². The maximum atomic E-state index is 12.5. The Hall–Kier alpha value is -1.71. The Balaban J connectivity index is 1.37. The molecule has 0 aromatic carbocycles. The number of hydrogen-bond donors (Lipinski definition) is 1. The van der Waals surface area contributed by atoms with E-state index in [1.54, 1.807) is 17.5 Å². The first kappa shape index (κ1) is 17.7. The molecule has 2 aromatic heterocycles. The van der Waals surface area contributed by atoms with Gasteiger partial charge in [0.25, 0.3) is 0 Å². The number of likely N-dealkylation sites (tertiary alicyclic amines) is 1. The van der Waals surface area contributed by atoms with Crippen LogP contribution >= 0.6 is 11.3 Å². The quantitative estimate of drug-likeness (QED) is 0.811. The highest BCUT2D eigenvalue weighted by Gasteiger charge is 2.35. The summed E-state index contributed by atoms with van der Waals surface area (Å²) in [6, 6.07) is 3.62. The monoisotopic (exact) mass is 395 g/mol. The van der Waals surface area contributed by atoms with Gasteiger partial charge in [0, 0.05) is 42.6 Å². The summed E-state index contributed by atoms with van der Waals surface area (Å²) in [4.78, 5) is 14.2. The summed E-state index contributed by atoms with van der Waals surface area (Å²) in [5, 5.41) is 5.37. The van der Waals surface area contributed by atoms with Crippen LogP contribution in [0.1, 0.15) is 32.1 Å². The summed E-state index contributed by atoms with van der Waals surface area (Å²) in [5.74, 6) is 0.729. The highest BCUT2D eigenvalue weighted by Crippen LogP contribution is 2.30. The van der Waals surface area contributed by atoms with Gasteiger partial charge >= 0.3 is 0 Å². The molecule has 0 bridgehead atoms. The summed E-state index contributed by atoms with van der Waals surface area (Å²) < 4.78 is 33.1. The molecule has 3 heterocycles. The molecule has 2 aliphatic rings. The largest absolute Gasteiger partial charge is 0.356 e. The molecule has 2 aromatic rings. The van der Waals surface area contributed by atoms with Gasteiger partial charge < -0.3 is 9.42 Å². The lowest BCUT2D eigenvalue weighted by Gasteiger charge is -2.24. The van der Waals surface area contributed by atoms with Gasteiger partial charge in [-0.3, -0.25) is 4.79 Å². The predicted octanol–water partition coefficient (Wildman–Crippen LogP) is 2.47. The topological polar surface area (TPSA) is 92.5 Å². The number of hydrogen-bond acceptors (Lipinski definition) is 6. The van der Waals surface area contributed by atoms with E-state index in [0.29, 0.717) is 30.3 Å². The van der Waals surface area contributed by atoms with Crippen LogP contribution < -0.4 is 4.72 Å². The molecule has 0 unspecified atom stereocenters. The van der Waals surface area contributed by atoms with Crippen LogP contribution in [0.2, 0.25) is 0 Å². The van der Waals surface area contributed by atoms with Gasteiger partial charge in [-0.1, -0.05) is 18.0 Å². The van der Waals surface area contributed by atoms with Crippen molar-refractivity contribution in [2.45, 2.75) is 42.4 Å². The lowest BCUT2D eigenvalue weighted by molar-refractivity contribution is -0.129. The van der Waals surface area contributed by atoms with Gasteiger partial charge in [-0.2, -0.15) is 0 Å². The van der Waals surface area contributed by atoms with E-state index < -0.39 is 10.0 Å². The lowest BCUT2D eigenvalue weighted by Crippen LogP contribution is -2.35. The van der Waals surface area contributed by atoms with Crippen LogP contribution in [0.5, 0.6) is 0 Å². The molecule has 1 saturated carbocycles. The molecule has 1 atom stereocenters. The van der Waals surface area contributed by atoms with E-state index in [0.717, 1.165) is 24.2 Å². The Morgan fingerprint density at radius 1 is 1.35 bits per heavy atom. The average molecular weight is 396 g/mol. The molecule has 0 radical (unpaired) electrons.